The van der Waals surface area contributed by atoms with Crippen LogP contribution in [-0.4, -0.2) is 24.3 Å². The van der Waals surface area contributed by atoms with E-state index in [1.807, 2.05) is 0 Å². The summed E-state index contributed by atoms with van der Waals surface area (Å²) in [6.45, 7) is 4.92. The predicted octanol–water partition coefficient (Wildman–Crippen LogP) is 3.24. The van der Waals surface area contributed by atoms with Crippen LogP contribution in [0.2, 0.25) is 0 Å². The summed E-state index contributed by atoms with van der Waals surface area (Å²) in [6.07, 6.45) is -5.51. The molecule has 0 aliphatic carbocycles. The molecule has 1 atom stereocenters. The lowest BCUT2D eigenvalue weighted by atomic mass is 10.0. The molecule has 0 aromatic heterocycles. The topological polar surface area (TPSA) is 64.3 Å². The highest BCUT2D eigenvalue weighted by molar-refractivity contribution is 5.68. The standard InChI is InChI=1S/C15H20F4N2O2/c1-14(2,3)23-13(22)21-11(8-20)7-9-6-10(15(17,18)19)4-5-12(9)16/h4-6,11H,7-8,20H2,1-3H3,(H,21,22). The Morgan fingerprint density at radius 2 is 1.91 bits per heavy atom. The molecule has 3 N–H and O–H groups in total. The average molecular weight is 336 g/mol. The van der Waals surface area contributed by atoms with Gasteiger partial charge in [0, 0.05) is 12.6 Å². The Kier molecular flexibility index (Phi) is 5.98. The van der Waals surface area contributed by atoms with E-state index in [-0.39, 0.29) is 18.5 Å². The summed E-state index contributed by atoms with van der Waals surface area (Å²) in [5.74, 6) is -0.789. The van der Waals surface area contributed by atoms with E-state index in [0.29, 0.717) is 6.07 Å². The third kappa shape index (κ3) is 6.43. The number of carbonyl (C=O) groups is 1. The Bertz CT molecular complexity index is 553. The maximum Gasteiger partial charge on any atom is 0.416 e. The maximum absolute atomic E-state index is 13.7. The van der Waals surface area contributed by atoms with Crippen LogP contribution in [0.1, 0.15) is 31.9 Å². The number of rotatable bonds is 4. The van der Waals surface area contributed by atoms with Gasteiger partial charge in [-0.25, -0.2) is 9.18 Å². The van der Waals surface area contributed by atoms with Crippen molar-refractivity contribution in [3.63, 3.8) is 0 Å². The van der Waals surface area contributed by atoms with E-state index >= 15 is 0 Å². The fraction of sp³-hybridized carbons (Fsp3) is 0.533. The first-order chi connectivity index (χ1) is 10.4. The Morgan fingerprint density at radius 1 is 1.30 bits per heavy atom. The van der Waals surface area contributed by atoms with Gasteiger partial charge in [0.25, 0.3) is 0 Å². The van der Waals surface area contributed by atoms with E-state index in [2.05, 4.69) is 5.32 Å². The summed E-state index contributed by atoms with van der Waals surface area (Å²) in [5.41, 5.74) is 3.63. The molecular weight excluding hydrogens is 316 g/mol. The minimum Gasteiger partial charge on any atom is -0.444 e. The normalized spacial score (nSPS) is 13.6. The molecule has 0 aliphatic rings. The fourth-order valence-electron chi connectivity index (χ4n) is 1.84. The number of alkyl carbamates (subject to hydrolysis) is 1. The molecule has 1 rings (SSSR count). The lowest BCUT2D eigenvalue weighted by Crippen LogP contribution is -2.44. The quantitative estimate of drug-likeness (QED) is 0.830. The van der Waals surface area contributed by atoms with E-state index in [1.165, 1.54) is 0 Å². The van der Waals surface area contributed by atoms with Crippen LogP contribution < -0.4 is 11.1 Å². The molecule has 0 spiro atoms. The molecule has 0 heterocycles. The second-order valence-corrected chi connectivity index (χ2v) is 6.09. The van der Waals surface area contributed by atoms with Gasteiger partial charge in [0.15, 0.2) is 0 Å². The second kappa shape index (κ2) is 7.16. The lowest BCUT2D eigenvalue weighted by molar-refractivity contribution is -0.137. The highest BCUT2D eigenvalue weighted by Crippen LogP contribution is 2.30. The van der Waals surface area contributed by atoms with Crippen molar-refractivity contribution in [3.05, 3.63) is 35.1 Å². The molecule has 0 radical (unpaired) electrons. The van der Waals surface area contributed by atoms with Crippen LogP contribution in [0.15, 0.2) is 18.2 Å². The van der Waals surface area contributed by atoms with Crippen LogP contribution in [0, 0.1) is 5.82 Å². The van der Waals surface area contributed by atoms with E-state index < -0.39 is 35.3 Å². The summed E-state index contributed by atoms with van der Waals surface area (Å²) in [7, 11) is 0. The zero-order valence-electron chi connectivity index (χ0n) is 13.1. The molecule has 1 amide bonds. The van der Waals surface area contributed by atoms with Crippen molar-refractivity contribution in [1.82, 2.24) is 5.32 Å². The van der Waals surface area contributed by atoms with Crippen LogP contribution >= 0.6 is 0 Å². The van der Waals surface area contributed by atoms with Crippen molar-refractivity contribution in [2.75, 3.05) is 6.54 Å². The first kappa shape index (κ1) is 19.2. The van der Waals surface area contributed by atoms with Gasteiger partial charge < -0.3 is 15.8 Å². The first-order valence-corrected chi connectivity index (χ1v) is 6.97. The largest absolute Gasteiger partial charge is 0.444 e. The number of ether oxygens (including phenoxy) is 1. The smallest absolute Gasteiger partial charge is 0.416 e. The first-order valence-electron chi connectivity index (χ1n) is 6.97. The molecule has 0 saturated carbocycles. The van der Waals surface area contributed by atoms with Gasteiger partial charge in [-0.15, -0.1) is 0 Å². The fourth-order valence-corrected chi connectivity index (χ4v) is 1.84. The minimum absolute atomic E-state index is 0.0745. The number of hydrogen-bond donors (Lipinski definition) is 2. The number of halogens is 4. The molecule has 1 aromatic rings. The number of hydrogen-bond acceptors (Lipinski definition) is 3. The van der Waals surface area contributed by atoms with E-state index in [4.69, 9.17) is 10.5 Å². The minimum atomic E-state index is -4.57. The summed E-state index contributed by atoms with van der Waals surface area (Å²) in [4.78, 5) is 11.7. The molecule has 0 bridgehead atoms. The monoisotopic (exact) mass is 336 g/mol. The van der Waals surface area contributed by atoms with Crippen molar-refractivity contribution in [1.29, 1.82) is 0 Å². The van der Waals surface area contributed by atoms with Gasteiger partial charge in [0.05, 0.1) is 5.56 Å². The second-order valence-electron chi connectivity index (χ2n) is 6.09. The van der Waals surface area contributed by atoms with Crippen molar-refractivity contribution in [3.8, 4) is 0 Å². The summed E-state index contributed by atoms with van der Waals surface area (Å²) < 4.78 is 56.8. The lowest BCUT2D eigenvalue weighted by Gasteiger charge is -2.23. The third-order valence-corrected chi connectivity index (χ3v) is 2.84. The summed E-state index contributed by atoms with van der Waals surface area (Å²) in [5, 5.41) is 2.42. The number of amides is 1. The van der Waals surface area contributed by atoms with E-state index in [1.54, 1.807) is 20.8 Å². The van der Waals surface area contributed by atoms with E-state index in [9.17, 15) is 22.4 Å². The number of alkyl halides is 3. The predicted molar refractivity (Wildman–Crippen MR) is 77.3 cm³/mol. The summed E-state index contributed by atoms with van der Waals surface area (Å²) in [6, 6.07) is 1.38. The number of benzene rings is 1. The molecule has 8 heteroatoms. The number of nitrogens with one attached hydrogen (secondary N) is 1. The van der Waals surface area contributed by atoms with Gasteiger partial charge in [-0.1, -0.05) is 0 Å². The van der Waals surface area contributed by atoms with Crippen molar-refractivity contribution in [2.45, 2.75) is 45.0 Å². The van der Waals surface area contributed by atoms with Gasteiger partial charge in [-0.2, -0.15) is 13.2 Å². The molecule has 23 heavy (non-hydrogen) atoms. The zero-order valence-corrected chi connectivity index (χ0v) is 13.1. The van der Waals surface area contributed by atoms with Crippen LogP contribution in [-0.2, 0) is 17.3 Å². The molecule has 4 nitrogen and oxygen atoms in total. The SMILES string of the molecule is CC(C)(C)OC(=O)NC(CN)Cc1cc(C(F)(F)F)ccc1F. The zero-order chi connectivity index (χ0) is 17.8. The van der Waals surface area contributed by atoms with Crippen LogP contribution in [0.4, 0.5) is 22.4 Å². The van der Waals surface area contributed by atoms with E-state index in [0.717, 1.165) is 12.1 Å². The molecule has 0 aliphatic heterocycles. The van der Waals surface area contributed by atoms with Gasteiger partial charge in [0.1, 0.15) is 11.4 Å². The number of nitrogens with two attached hydrogens (primary N) is 1. The summed E-state index contributed by atoms with van der Waals surface area (Å²) >= 11 is 0. The van der Waals surface area contributed by atoms with Gasteiger partial charge in [-0.05, 0) is 51.0 Å². The van der Waals surface area contributed by atoms with Gasteiger partial charge >= 0.3 is 12.3 Å². The molecule has 0 saturated heterocycles. The number of carbonyl (C=O) groups excluding carboxylic acids is 1. The molecule has 130 valence electrons. The third-order valence-electron chi connectivity index (χ3n) is 2.84. The Morgan fingerprint density at radius 3 is 2.39 bits per heavy atom. The van der Waals surface area contributed by atoms with Crippen LogP contribution in [0.5, 0.6) is 0 Å². The maximum atomic E-state index is 13.7. The van der Waals surface area contributed by atoms with Crippen molar-refractivity contribution in [2.24, 2.45) is 5.73 Å². The van der Waals surface area contributed by atoms with Gasteiger partial charge in [0.2, 0.25) is 0 Å². The van der Waals surface area contributed by atoms with Crippen LogP contribution in [0.25, 0.3) is 0 Å². The Labute approximate surface area is 132 Å². The molecule has 1 aromatic carbocycles. The Balaban J connectivity index is 2.85. The van der Waals surface area contributed by atoms with Crippen molar-refractivity contribution < 1.29 is 27.1 Å². The molecular formula is C15H20F4N2O2. The molecule has 1 unspecified atom stereocenters. The van der Waals surface area contributed by atoms with Gasteiger partial charge in [-0.3, -0.25) is 0 Å². The average Bonchev–Trinajstić information content (AvgIpc) is 2.36. The molecule has 0 fully saturated rings. The van der Waals surface area contributed by atoms with Crippen LogP contribution in [0.3, 0.4) is 0 Å². The van der Waals surface area contributed by atoms with Crippen molar-refractivity contribution >= 4 is 6.09 Å². The highest BCUT2D eigenvalue weighted by Gasteiger charge is 2.31. The Hall–Kier alpha value is -1.83. The highest BCUT2D eigenvalue weighted by atomic mass is 19.4.